The van der Waals surface area contributed by atoms with E-state index in [4.69, 9.17) is 0 Å². The number of hydrogen-bond acceptors (Lipinski definition) is 0. The van der Waals surface area contributed by atoms with Gasteiger partial charge in [0.25, 0.3) is 0 Å². The van der Waals surface area contributed by atoms with Crippen LogP contribution in [0.25, 0.3) is 10.8 Å². The Morgan fingerprint density at radius 2 is 1.94 bits per heavy atom. The number of aryl methyl sites for hydroxylation is 1. The number of rotatable bonds is 4. The average molecular weight is 210 g/mol. The van der Waals surface area contributed by atoms with Crippen LogP contribution in [0.1, 0.15) is 24.5 Å². The van der Waals surface area contributed by atoms with E-state index in [0.29, 0.717) is 0 Å². The van der Waals surface area contributed by atoms with Gasteiger partial charge in [-0.25, -0.2) is 0 Å². The van der Waals surface area contributed by atoms with E-state index in [1.165, 1.54) is 28.3 Å². The SMILES string of the molecule is C=CCc1ccc2ccccc2c1CCC. The van der Waals surface area contributed by atoms with Crippen molar-refractivity contribution in [2.75, 3.05) is 0 Å². The zero-order valence-electron chi connectivity index (χ0n) is 9.87. The summed E-state index contributed by atoms with van der Waals surface area (Å²) in [5, 5.41) is 2.75. The second-order valence-electron chi connectivity index (χ2n) is 4.17. The molecule has 0 heteroatoms. The van der Waals surface area contributed by atoms with E-state index >= 15 is 0 Å². The number of benzene rings is 2. The Bertz CT molecular complexity index is 494. The van der Waals surface area contributed by atoms with Gasteiger partial charge >= 0.3 is 0 Å². The van der Waals surface area contributed by atoms with Crippen molar-refractivity contribution in [3.63, 3.8) is 0 Å². The predicted octanol–water partition coefficient (Wildman–Crippen LogP) is 4.52. The van der Waals surface area contributed by atoms with E-state index in [2.05, 4.69) is 49.9 Å². The second kappa shape index (κ2) is 4.98. The quantitative estimate of drug-likeness (QED) is 0.651. The molecular weight excluding hydrogens is 192 g/mol. The van der Waals surface area contributed by atoms with Crippen LogP contribution in [0.3, 0.4) is 0 Å². The van der Waals surface area contributed by atoms with Gasteiger partial charge in [-0.15, -0.1) is 6.58 Å². The summed E-state index contributed by atoms with van der Waals surface area (Å²) >= 11 is 0. The third kappa shape index (κ3) is 2.01. The summed E-state index contributed by atoms with van der Waals surface area (Å²) in [5.41, 5.74) is 2.93. The monoisotopic (exact) mass is 210 g/mol. The molecule has 82 valence electrons. The van der Waals surface area contributed by atoms with Gasteiger partial charge in [0, 0.05) is 0 Å². The van der Waals surface area contributed by atoms with Crippen molar-refractivity contribution >= 4 is 10.8 Å². The fourth-order valence-corrected chi connectivity index (χ4v) is 2.27. The fourth-order valence-electron chi connectivity index (χ4n) is 2.27. The Balaban J connectivity index is 2.63. The van der Waals surface area contributed by atoms with Crippen LogP contribution in [0.4, 0.5) is 0 Å². The molecule has 0 N–H and O–H groups in total. The zero-order valence-corrected chi connectivity index (χ0v) is 9.87. The topological polar surface area (TPSA) is 0 Å². The van der Waals surface area contributed by atoms with Gasteiger partial charge < -0.3 is 0 Å². The highest BCUT2D eigenvalue weighted by Gasteiger charge is 2.05. The summed E-state index contributed by atoms with van der Waals surface area (Å²) in [4.78, 5) is 0. The van der Waals surface area contributed by atoms with E-state index in [-0.39, 0.29) is 0 Å². The lowest BCUT2D eigenvalue weighted by molar-refractivity contribution is 0.915. The Kier molecular flexibility index (Phi) is 3.40. The molecule has 0 radical (unpaired) electrons. The van der Waals surface area contributed by atoms with Crippen molar-refractivity contribution in [2.24, 2.45) is 0 Å². The third-order valence-corrected chi connectivity index (χ3v) is 3.00. The van der Waals surface area contributed by atoms with Gasteiger partial charge in [-0.05, 0) is 34.7 Å². The molecule has 2 aromatic rings. The number of fused-ring (bicyclic) bond motifs is 1. The molecule has 0 aliphatic heterocycles. The first kappa shape index (κ1) is 10.9. The summed E-state index contributed by atoms with van der Waals surface area (Å²) in [7, 11) is 0. The maximum Gasteiger partial charge on any atom is -0.00972 e. The lowest BCUT2D eigenvalue weighted by atomic mass is 9.94. The van der Waals surface area contributed by atoms with Crippen LogP contribution in [-0.4, -0.2) is 0 Å². The van der Waals surface area contributed by atoms with Crippen LogP contribution in [-0.2, 0) is 12.8 Å². The van der Waals surface area contributed by atoms with Gasteiger partial charge in [0.2, 0.25) is 0 Å². The van der Waals surface area contributed by atoms with Gasteiger partial charge in [-0.3, -0.25) is 0 Å². The normalized spacial score (nSPS) is 10.6. The highest BCUT2D eigenvalue weighted by Crippen LogP contribution is 2.24. The Morgan fingerprint density at radius 3 is 2.69 bits per heavy atom. The molecule has 0 saturated heterocycles. The molecule has 2 aromatic carbocycles. The molecule has 0 amide bonds. The maximum absolute atomic E-state index is 3.84. The molecule has 0 spiro atoms. The molecule has 0 bridgehead atoms. The summed E-state index contributed by atoms with van der Waals surface area (Å²) < 4.78 is 0. The van der Waals surface area contributed by atoms with E-state index in [9.17, 15) is 0 Å². The van der Waals surface area contributed by atoms with Crippen LogP contribution in [0.2, 0.25) is 0 Å². The minimum atomic E-state index is 0.972. The van der Waals surface area contributed by atoms with Crippen LogP contribution in [0.5, 0.6) is 0 Å². The molecule has 0 fully saturated rings. The predicted molar refractivity (Wildman–Crippen MR) is 71.8 cm³/mol. The third-order valence-electron chi connectivity index (χ3n) is 3.00. The van der Waals surface area contributed by atoms with E-state index in [0.717, 1.165) is 12.8 Å². The van der Waals surface area contributed by atoms with Crippen molar-refractivity contribution < 1.29 is 0 Å². The molecule has 0 aliphatic carbocycles. The second-order valence-corrected chi connectivity index (χ2v) is 4.17. The average Bonchev–Trinajstić information content (AvgIpc) is 2.32. The molecule has 0 aliphatic rings. The van der Waals surface area contributed by atoms with Crippen LogP contribution < -0.4 is 0 Å². The molecule has 0 nitrogen and oxygen atoms in total. The van der Waals surface area contributed by atoms with E-state index < -0.39 is 0 Å². The van der Waals surface area contributed by atoms with Crippen molar-refractivity contribution in [2.45, 2.75) is 26.2 Å². The summed E-state index contributed by atoms with van der Waals surface area (Å²) in [5.74, 6) is 0. The maximum atomic E-state index is 3.84. The minimum absolute atomic E-state index is 0.972. The Morgan fingerprint density at radius 1 is 1.12 bits per heavy atom. The highest BCUT2D eigenvalue weighted by molar-refractivity contribution is 5.86. The highest BCUT2D eigenvalue weighted by atomic mass is 14.1. The van der Waals surface area contributed by atoms with Crippen molar-refractivity contribution in [1.82, 2.24) is 0 Å². The molecule has 0 atom stereocenters. The van der Waals surface area contributed by atoms with Crippen molar-refractivity contribution in [1.29, 1.82) is 0 Å². The molecule has 0 aromatic heterocycles. The zero-order chi connectivity index (χ0) is 11.4. The smallest absolute Gasteiger partial charge is 0.00972 e. The lowest BCUT2D eigenvalue weighted by Crippen LogP contribution is -1.94. The minimum Gasteiger partial charge on any atom is -0.103 e. The van der Waals surface area contributed by atoms with Gasteiger partial charge in [-0.2, -0.15) is 0 Å². The fraction of sp³-hybridized carbons (Fsp3) is 0.250. The van der Waals surface area contributed by atoms with Crippen LogP contribution in [0.15, 0.2) is 49.1 Å². The molecule has 0 heterocycles. The summed E-state index contributed by atoms with van der Waals surface area (Å²) in [6, 6.07) is 13.1. The number of allylic oxidation sites excluding steroid dienone is 1. The standard InChI is InChI=1S/C16H18/c1-3-7-13-11-12-14-9-5-6-10-16(14)15(13)8-4-2/h3,5-6,9-12H,1,4,7-8H2,2H3. The summed E-state index contributed by atoms with van der Waals surface area (Å²) in [6.07, 6.45) is 5.31. The molecule has 2 rings (SSSR count). The first-order chi connectivity index (χ1) is 7.86. The van der Waals surface area contributed by atoms with Gasteiger partial charge in [0.15, 0.2) is 0 Å². The Labute approximate surface area is 97.6 Å². The van der Waals surface area contributed by atoms with Gasteiger partial charge in [-0.1, -0.05) is 55.8 Å². The molecule has 0 unspecified atom stereocenters. The number of hydrogen-bond donors (Lipinski definition) is 0. The van der Waals surface area contributed by atoms with E-state index in [1.807, 2.05) is 6.08 Å². The molecular formula is C16H18. The first-order valence-electron chi connectivity index (χ1n) is 5.97. The molecule has 0 saturated carbocycles. The Hall–Kier alpha value is -1.56. The molecule has 16 heavy (non-hydrogen) atoms. The first-order valence-corrected chi connectivity index (χ1v) is 5.97. The van der Waals surface area contributed by atoms with Crippen molar-refractivity contribution in [3.05, 3.63) is 60.2 Å². The lowest BCUT2D eigenvalue weighted by Gasteiger charge is -2.11. The van der Waals surface area contributed by atoms with Gasteiger partial charge in [0.1, 0.15) is 0 Å². The van der Waals surface area contributed by atoms with Gasteiger partial charge in [0.05, 0.1) is 0 Å². The van der Waals surface area contributed by atoms with E-state index in [1.54, 1.807) is 0 Å². The van der Waals surface area contributed by atoms with Crippen LogP contribution in [0, 0.1) is 0 Å². The van der Waals surface area contributed by atoms with Crippen molar-refractivity contribution in [3.8, 4) is 0 Å². The largest absolute Gasteiger partial charge is 0.103 e. The van der Waals surface area contributed by atoms with Crippen LogP contribution >= 0.6 is 0 Å². The summed E-state index contributed by atoms with van der Waals surface area (Å²) in [6.45, 7) is 6.07.